The van der Waals surface area contributed by atoms with Crippen LogP contribution in [0.5, 0.6) is 0 Å². The maximum absolute atomic E-state index is 12.9. The molecule has 2 rings (SSSR count). The molecule has 0 spiro atoms. The lowest BCUT2D eigenvalue weighted by Crippen LogP contribution is -2.02. The van der Waals surface area contributed by atoms with Gasteiger partial charge in [0, 0.05) is 24.8 Å². The predicted octanol–water partition coefficient (Wildman–Crippen LogP) is 4.30. The number of methoxy groups -OCH3 is 1. The van der Waals surface area contributed by atoms with E-state index in [4.69, 9.17) is 4.74 Å². The molecule has 25 heavy (non-hydrogen) atoms. The third-order valence-electron chi connectivity index (χ3n) is 3.56. The summed E-state index contributed by atoms with van der Waals surface area (Å²) in [6, 6.07) is 9.61. The highest BCUT2D eigenvalue weighted by molar-refractivity contribution is 7.99. The first-order valence-electron chi connectivity index (χ1n) is 7.86. The Kier molecular flexibility index (Phi) is 7.11. The number of hydrogen-bond donors (Lipinski definition) is 0. The molecule has 0 bridgehead atoms. The first kappa shape index (κ1) is 19.1. The van der Waals surface area contributed by atoms with Crippen LogP contribution < -0.4 is 0 Å². The second-order valence-electron chi connectivity index (χ2n) is 5.53. The number of aromatic nitrogens is 1. The number of nitrogens with zero attached hydrogens (tertiary/aromatic N) is 2. The number of carbonyl (C=O) groups is 1. The Morgan fingerprint density at radius 1 is 1.36 bits per heavy atom. The molecule has 0 saturated carbocycles. The molecule has 4 nitrogen and oxygen atoms in total. The Morgan fingerprint density at radius 2 is 2.08 bits per heavy atom. The molecule has 0 atom stereocenters. The van der Waals surface area contributed by atoms with Crippen molar-refractivity contribution in [1.82, 2.24) is 4.98 Å². The van der Waals surface area contributed by atoms with Gasteiger partial charge in [0.15, 0.2) is 5.78 Å². The minimum Gasteiger partial charge on any atom is -0.380 e. The summed E-state index contributed by atoms with van der Waals surface area (Å²) in [5.41, 5.74) is 2.70. The summed E-state index contributed by atoms with van der Waals surface area (Å²) in [5.74, 6) is 0.303. The topological polar surface area (TPSA) is 63.0 Å². The van der Waals surface area contributed by atoms with Gasteiger partial charge >= 0.3 is 0 Å². The summed E-state index contributed by atoms with van der Waals surface area (Å²) in [7, 11) is 1.59. The van der Waals surface area contributed by atoms with Crippen molar-refractivity contribution < 1.29 is 13.9 Å². The monoisotopic (exact) mass is 358 g/mol. The van der Waals surface area contributed by atoms with E-state index in [2.05, 4.69) is 11.1 Å². The Labute approximate surface area is 151 Å². The lowest BCUT2D eigenvalue weighted by Gasteiger charge is -2.09. The van der Waals surface area contributed by atoms with E-state index in [9.17, 15) is 14.4 Å². The molecule has 0 radical (unpaired) electrons. The van der Waals surface area contributed by atoms with Gasteiger partial charge in [-0.3, -0.25) is 4.79 Å². The fraction of sp³-hybridized carbons (Fsp3) is 0.316. The molecular formula is C19H19FN2O2S. The molecular weight excluding hydrogens is 339 g/mol. The normalized spacial score (nSPS) is 10.5. The summed E-state index contributed by atoms with van der Waals surface area (Å²) >= 11 is 1.46. The zero-order valence-electron chi connectivity index (χ0n) is 14.2. The van der Waals surface area contributed by atoms with Crippen LogP contribution >= 0.6 is 11.8 Å². The molecule has 2 aromatic rings. The number of pyridine rings is 1. The van der Waals surface area contributed by atoms with Crippen molar-refractivity contribution >= 4 is 17.5 Å². The maximum Gasteiger partial charge on any atom is 0.162 e. The molecule has 1 aromatic carbocycles. The van der Waals surface area contributed by atoms with Gasteiger partial charge in [0.2, 0.25) is 0 Å². The van der Waals surface area contributed by atoms with Crippen LogP contribution in [-0.4, -0.2) is 23.6 Å². The summed E-state index contributed by atoms with van der Waals surface area (Å²) in [4.78, 5) is 16.5. The van der Waals surface area contributed by atoms with Crippen LogP contribution in [0.4, 0.5) is 4.39 Å². The minimum atomic E-state index is -0.353. The Bertz CT molecular complexity index is 785. The summed E-state index contributed by atoms with van der Waals surface area (Å²) in [6.07, 6.45) is 1.03. The largest absolute Gasteiger partial charge is 0.380 e. The van der Waals surface area contributed by atoms with Crippen LogP contribution in [0.15, 0.2) is 35.4 Å². The van der Waals surface area contributed by atoms with Gasteiger partial charge < -0.3 is 4.74 Å². The first-order valence-corrected chi connectivity index (χ1v) is 8.85. The number of halogens is 1. The smallest absolute Gasteiger partial charge is 0.162 e. The van der Waals surface area contributed by atoms with E-state index in [1.54, 1.807) is 7.11 Å². The fourth-order valence-corrected chi connectivity index (χ4v) is 3.40. The maximum atomic E-state index is 12.9. The number of nitriles is 1. The molecule has 0 saturated heterocycles. The van der Waals surface area contributed by atoms with Crippen LogP contribution in [0.3, 0.4) is 0 Å². The van der Waals surface area contributed by atoms with Gasteiger partial charge in [-0.25, -0.2) is 9.37 Å². The van der Waals surface area contributed by atoms with Gasteiger partial charge in [-0.05, 0) is 55.0 Å². The van der Waals surface area contributed by atoms with E-state index in [1.165, 1.54) is 36.0 Å². The van der Waals surface area contributed by atoms with Crippen LogP contribution in [0.25, 0.3) is 0 Å². The van der Waals surface area contributed by atoms with Crippen molar-refractivity contribution in [3.8, 4) is 6.07 Å². The van der Waals surface area contributed by atoms with Crippen LogP contribution in [-0.2, 0) is 11.3 Å². The first-order chi connectivity index (χ1) is 12.0. The van der Waals surface area contributed by atoms with Gasteiger partial charge in [-0.1, -0.05) is 0 Å². The number of aryl methyl sites for hydroxylation is 1. The van der Waals surface area contributed by atoms with Crippen molar-refractivity contribution in [3.05, 3.63) is 58.5 Å². The molecule has 0 fully saturated rings. The minimum absolute atomic E-state index is 0.0154. The van der Waals surface area contributed by atoms with E-state index in [0.29, 0.717) is 41.4 Å². The number of rotatable bonds is 8. The lowest BCUT2D eigenvalue weighted by atomic mass is 10.1. The zero-order chi connectivity index (χ0) is 18.2. The van der Waals surface area contributed by atoms with E-state index < -0.39 is 0 Å². The summed E-state index contributed by atoms with van der Waals surface area (Å²) < 4.78 is 18.0. The van der Waals surface area contributed by atoms with Gasteiger partial charge in [0.25, 0.3) is 0 Å². The van der Waals surface area contributed by atoms with Crippen LogP contribution in [0.1, 0.15) is 40.0 Å². The van der Waals surface area contributed by atoms with E-state index in [1.807, 2.05) is 13.0 Å². The Morgan fingerprint density at radius 3 is 2.72 bits per heavy atom. The highest BCUT2D eigenvalue weighted by Crippen LogP contribution is 2.25. The average Bonchev–Trinajstić information content (AvgIpc) is 2.59. The Balaban J connectivity index is 1.94. The van der Waals surface area contributed by atoms with E-state index in [-0.39, 0.29) is 11.6 Å². The highest BCUT2D eigenvalue weighted by atomic mass is 32.2. The number of ketones is 1. The standard InChI is InChI=1S/C19H19FN2O2S/c1-13-10-15(12-24-2)17(11-21)19(22-13)25-9-3-4-18(23)14-5-7-16(20)8-6-14/h5-8,10H,3-4,9,12H2,1-2H3. The molecule has 0 unspecified atom stereocenters. The molecule has 0 aliphatic carbocycles. The molecule has 0 aliphatic heterocycles. The fourth-order valence-electron chi connectivity index (χ4n) is 2.39. The molecule has 0 N–H and O–H groups in total. The van der Waals surface area contributed by atoms with Crippen molar-refractivity contribution in [2.24, 2.45) is 0 Å². The molecule has 130 valence electrons. The Hall–Kier alpha value is -2.23. The number of ether oxygens (including phenoxy) is 1. The van der Waals surface area contributed by atoms with Crippen molar-refractivity contribution in [2.75, 3.05) is 12.9 Å². The van der Waals surface area contributed by atoms with Crippen LogP contribution in [0.2, 0.25) is 0 Å². The molecule has 0 aliphatic rings. The quantitative estimate of drug-likeness (QED) is 0.400. The number of Topliss-reactive ketones (excluding diaryl/α,β-unsaturated/α-hetero) is 1. The summed E-state index contributed by atoms with van der Waals surface area (Å²) in [6.45, 7) is 2.24. The SMILES string of the molecule is COCc1cc(C)nc(SCCCC(=O)c2ccc(F)cc2)c1C#N. The van der Waals surface area contributed by atoms with E-state index in [0.717, 1.165) is 11.3 Å². The second-order valence-corrected chi connectivity index (χ2v) is 6.61. The highest BCUT2D eigenvalue weighted by Gasteiger charge is 2.12. The lowest BCUT2D eigenvalue weighted by molar-refractivity contribution is 0.0982. The summed E-state index contributed by atoms with van der Waals surface area (Å²) in [5, 5.41) is 10.1. The van der Waals surface area contributed by atoms with Gasteiger partial charge in [0.1, 0.15) is 16.9 Å². The van der Waals surface area contributed by atoms with E-state index >= 15 is 0 Å². The number of thioether (sulfide) groups is 1. The van der Waals surface area contributed by atoms with Gasteiger partial charge in [-0.2, -0.15) is 5.26 Å². The third-order valence-corrected chi connectivity index (χ3v) is 4.62. The molecule has 6 heteroatoms. The number of benzene rings is 1. The van der Waals surface area contributed by atoms with Crippen molar-refractivity contribution in [3.63, 3.8) is 0 Å². The van der Waals surface area contributed by atoms with Gasteiger partial charge in [0.05, 0.1) is 12.2 Å². The second kappa shape index (κ2) is 9.30. The predicted molar refractivity (Wildman–Crippen MR) is 95.1 cm³/mol. The van der Waals surface area contributed by atoms with Crippen molar-refractivity contribution in [2.45, 2.75) is 31.4 Å². The zero-order valence-corrected chi connectivity index (χ0v) is 15.0. The molecule has 0 amide bonds. The molecule has 1 aromatic heterocycles. The number of carbonyl (C=O) groups excluding carboxylic acids is 1. The average molecular weight is 358 g/mol. The molecule has 1 heterocycles. The van der Waals surface area contributed by atoms with Crippen LogP contribution in [0, 0.1) is 24.1 Å². The van der Waals surface area contributed by atoms with Gasteiger partial charge in [-0.15, -0.1) is 11.8 Å². The van der Waals surface area contributed by atoms with Crippen molar-refractivity contribution in [1.29, 1.82) is 5.26 Å². The number of hydrogen-bond acceptors (Lipinski definition) is 5. The third kappa shape index (κ3) is 5.38.